The molecule has 0 radical (unpaired) electrons. The van der Waals surface area contributed by atoms with Crippen LogP contribution in [0.15, 0.2) is 59.8 Å². The first-order valence-corrected chi connectivity index (χ1v) is 12.9. The lowest BCUT2D eigenvalue weighted by atomic mass is 9.99. The molecule has 6 nitrogen and oxygen atoms in total. The molecule has 3 aromatic rings. The van der Waals surface area contributed by atoms with E-state index in [9.17, 15) is 39.6 Å². The van der Waals surface area contributed by atoms with Crippen LogP contribution < -0.4 is 0 Å². The van der Waals surface area contributed by atoms with Crippen LogP contribution in [0.4, 0.5) is 26.3 Å². The normalized spacial score (nSPS) is 20.6. The van der Waals surface area contributed by atoms with Crippen molar-refractivity contribution in [3.8, 4) is 11.1 Å². The van der Waals surface area contributed by atoms with Gasteiger partial charge in [-0.15, -0.1) is 0 Å². The second kappa shape index (κ2) is 10.4. The van der Waals surface area contributed by atoms with Gasteiger partial charge in [0.05, 0.1) is 17.0 Å². The first-order valence-electron chi connectivity index (χ1n) is 11.4. The Morgan fingerprint density at radius 3 is 2.24 bits per heavy atom. The van der Waals surface area contributed by atoms with Crippen LogP contribution in [0.1, 0.15) is 31.2 Å². The minimum Gasteiger partial charge on any atom is -0.298 e. The number of halogens is 6. The van der Waals surface area contributed by atoms with Crippen molar-refractivity contribution in [2.45, 2.75) is 55.5 Å². The third kappa shape index (κ3) is 5.73. The zero-order valence-electron chi connectivity index (χ0n) is 19.8. The monoisotopic (exact) mass is 557 g/mol. The van der Waals surface area contributed by atoms with Crippen molar-refractivity contribution in [1.82, 2.24) is 14.3 Å². The van der Waals surface area contributed by atoms with E-state index >= 15 is 0 Å². The van der Waals surface area contributed by atoms with Crippen molar-refractivity contribution in [3.63, 3.8) is 0 Å². The summed E-state index contributed by atoms with van der Waals surface area (Å²) in [5, 5.41) is 0. The molecular weight excluding hydrogens is 536 g/mol. The Morgan fingerprint density at radius 1 is 1.00 bits per heavy atom. The number of carbonyl (C=O) groups excluding carboxylic acids is 1. The molecule has 0 N–H and O–H groups in total. The lowest BCUT2D eigenvalue weighted by Crippen LogP contribution is -2.44. The van der Waals surface area contributed by atoms with E-state index in [-0.39, 0.29) is 35.3 Å². The molecule has 1 aliphatic rings. The number of aryl methyl sites for hydroxylation is 1. The number of ketones is 1. The number of rotatable bonds is 7. The summed E-state index contributed by atoms with van der Waals surface area (Å²) in [5.41, 5.74) is 0.607. The predicted molar refractivity (Wildman–Crippen MR) is 124 cm³/mol. The Hall–Kier alpha value is -3.32. The quantitative estimate of drug-likeness (QED) is 0.377. The highest BCUT2D eigenvalue weighted by atomic mass is 32.2. The van der Waals surface area contributed by atoms with Crippen LogP contribution in [0.25, 0.3) is 11.1 Å². The number of alkyl halides is 4. The van der Waals surface area contributed by atoms with Gasteiger partial charge < -0.3 is 0 Å². The fourth-order valence-corrected chi connectivity index (χ4v) is 6.20. The van der Waals surface area contributed by atoms with Gasteiger partial charge in [0.2, 0.25) is 15.8 Å². The average Bonchev–Trinajstić information content (AvgIpc) is 3.17. The predicted octanol–water partition coefficient (Wildman–Crippen LogP) is 5.13. The van der Waals surface area contributed by atoms with Gasteiger partial charge in [-0.3, -0.25) is 4.79 Å². The van der Waals surface area contributed by atoms with E-state index in [0.717, 1.165) is 53.1 Å². The number of aromatic nitrogens is 2. The van der Waals surface area contributed by atoms with Gasteiger partial charge >= 0.3 is 6.18 Å². The van der Waals surface area contributed by atoms with E-state index in [1.165, 1.54) is 13.0 Å². The van der Waals surface area contributed by atoms with Gasteiger partial charge in [-0.2, -0.15) is 17.5 Å². The minimum absolute atomic E-state index is 0.0443. The molecule has 1 fully saturated rings. The lowest BCUT2D eigenvalue weighted by molar-refractivity contribution is -0.145. The number of benzene rings is 2. The molecule has 4 rings (SSSR count). The first-order chi connectivity index (χ1) is 17.8. The summed E-state index contributed by atoms with van der Waals surface area (Å²) in [7, 11) is -4.33. The number of carbonyl (C=O) groups is 1. The van der Waals surface area contributed by atoms with Gasteiger partial charge in [0.1, 0.15) is 17.8 Å². The summed E-state index contributed by atoms with van der Waals surface area (Å²) < 4.78 is 107. The van der Waals surface area contributed by atoms with E-state index in [1.807, 2.05) is 0 Å². The fraction of sp³-hybridized carbons (Fsp3) is 0.320. The lowest BCUT2D eigenvalue weighted by Gasteiger charge is -2.26. The fourth-order valence-electron chi connectivity index (χ4n) is 4.36. The van der Waals surface area contributed by atoms with E-state index in [4.69, 9.17) is 0 Å². The van der Waals surface area contributed by atoms with Crippen molar-refractivity contribution in [2.24, 2.45) is 0 Å². The van der Waals surface area contributed by atoms with Crippen LogP contribution >= 0.6 is 0 Å². The highest BCUT2D eigenvalue weighted by molar-refractivity contribution is 7.89. The Bertz CT molecular complexity index is 1430. The highest BCUT2D eigenvalue weighted by Crippen LogP contribution is 2.34. The second-order valence-electron chi connectivity index (χ2n) is 8.90. The number of nitrogens with zero attached hydrogens (tertiary/aromatic N) is 3. The summed E-state index contributed by atoms with van der Waals surface area (Å²) in [4.78, 5) is 19.3. The molecule has 0 unspecified atom stereocenters. The molecule has 2 heterocycles. The van der Waals surface area contributed by atoms with Crippen LogP contribution in [0.3, 0.4) is 0 Å². The Kier molecular flexibility index (Phi) is 7.62. The minimum atomic E-state index is -4.74. The number of Topliss-reactive ketones (excluding diaryl/α,β-unsaturated/α-hetero) is 1. The van der Waals surface area contributed by atoms with Crippen molar-refractivity contribution >= 4 is 15.8 Å². The van der Waals surface area contributed by atoms with E-state index in [2.05, 4.69) is 9.97 Å². The van der Waals surface area contributed by atoms with Gasteiger partial charge in [0, 0.05) is 30.8 Å². The molecule has 0 aliphatic carbocycles. The average molecular weight is 558 g/mol. The standard InChI is InChI=1S/C25H21F6N3O3S/c1-14-21(28)11-22(34(14)38(36,37)20-5-3-18(26)4-6-20)23(35)7-2-15-8-16(10-19(27)9-15)17-12-32-24(33-13-17)25(29,30)31/h3-6,8-10,12-14,21-22H,2,7,11H2,1H3/t14-,21+,22-/m0/s1. The molecule has 0 saturated carbocycles. The number of hydrogen-bond acceptors (Lipinski definition) is 5. The summed E-state index contributed by atoms with van der Waals surface area (Å²) in [6.07, 6.45) is -5.21. The molecular formula is C25H21F6N3O3S. The summed E-state index contributed by atoms with van der Waals surface area (Å²) >= 11 is 0. The van der Waals surface area contributed by atoms with Crippen LogP contribution in [0.2, 0.25) is 0 Å². The van der Waals surface area contributed by atoms with Crippen LogP contribution in [-0.4, -0.2) is 46.7 Å². The Morgan fingerprint density at radius 2 is 1.63 bits per heavy atom. The Labute approximate surface area is 214 Å². The molecule has 0 bridgehead atoms. The molecule has 202 valence electrons. The molecule has 1 aliphatic heterocycles. The smallest absolute Gasteiger partial charge is 0.298 e. The Balaban J connectivity index is 1.53. The maximum atomic E-state index is 14.6. The summed E-state index contributed by atoms with van der Waals surface area (Å²) in [5.74, 6) is -3.32. The zero-order chi connectivity index (χ0) is 27.8. The molecule has 1 saturated heterocycles. The topological polar surface area (TPSA) is 80.2 Å². The number of hydrogen-bond donors (Lipinski definition) is 0. The molecule has 0 amide bonds. The molecule has 1 aromatic heterocycles. The van der Waals surface area contributed by atoms with Crippen molar-refractivity contribution in [3.05, 3.63) is 77.9 Å². The molecule has 38 heavy (non-hydrogen) atoms. The van der Waals surface area contributed by atoms with Crippen molar-refractivity contribution < 1.29 is 39.6 Å². The summed E-state index contributed by atoms with van der Waals surface area (Å²) in [6, 6.07) is 5.15. The van der Waals surface area contributed by atoms with Crippen molar-refractivity contribution in [1.29, 1.82) is 0 Å². The van der Waals surface area contributed by atoms with Crippen LogP contribution in [0, 0.1) is 11.6 Å². The van der Waals surface area contributed by atoms with Crippen molar-refractivity contribution in [2.75, 3.05) is 0 Å². The SMILES string of the molecule is C[C@H]1[C@H](F)C[C@@H](C(=O)CCc2cc(F)cc(-c3cnc(C(F)(F)F)nc3)c2)N1S(=O)(=O)c1ccc(F)cc1. The van der Waals surface area contributed by atoms with E-state index in [0.29, 0.717) is 5.56 Å². The van der Waals surface area contributed by atoms with Gasteiger partial charge in [-0.1, -0.05) is 6.07 Å². The van der Waals surface area contributed by atoms with E-state index in [1.54, 1.807) is 0 Å². The first kappa shape index (κ1) is 27.7. The second-order valence-corrected chi connectivity index (χ2v) is 10.7. The van der Waals surface area contributed by atoms with Crippen LogP contribution in [0.5, 0.6) is 0 Å². The zero-order valence-corrected chi connectivity index (χ0v) is 20.6. The maximum absolute atomic E-state index is 14.6. The van der Waals surface area contributed by atoms with Gasteiger partial charge in [-0.25, -0.2) is 31.6 Å². The molecule has 2 aromatic carbocycles. The van der Waals surface area contributed by atoms with Gasteiger partial charge in [-0.05, 0) is 60.9 Å². The molecule has 13 heteroatoms. The third-order valence-corrected chi connectivity index (χ3v) is 8.31. The van der Waals surface area contributed by atoms with E-state index < -0.39 is 57.7 Å². The molecule has 0 spiro atoms. The highest BCUT2D eigenvalue weighted by Gasteiger charge is 2.48. The van der Waals surface area contributed by atoms with Gasteiger partial charge in [0.25, 0.3) is 0 Å². The maximum Gasteiger partial charge on any atom is 0.451 e. The van der Waals surface area contributed by atoms with Gasteiger partial charge in [0.15, 0.2) is 5.78 Å². The third-order valence-electron chi connectivity index (χ3n) is 6.30. The number of sulfonamides is 1. The largest absolute Gasteiger partial charge is 0.451 e. The summed E-state index contributed by atoms with van der Waals surface area (Å²) in [6.45, 7) is 1.34. The van der Waals surface area contributed by atoms with Crippen LogP contribution in [-0.2, 0) is 27.4 Å². The molecule has 3 atom stereocenters.